The molecule has 1 N–H and O–H groups in total. The molecule has 0 spiro atoms. The number of carbonyl (C=O) groups is 2. The van der Waals surface area contributed by atoms with E-state index in [-0.39, 0.29) is 35.3 Å². The van der Waals surface area contributed by atoms with E-state index < -0.39 is 21.9 Å². The van der Waals surface area contributed by atoms with Crippen molar-refractivity contribution >= 4 is 38.4 Å². The number of nitrogens with zero attached hydrogens (tertiary/aromatic N) is 2. The molecule has 0 aliphatic heterocycles. The molecular weight excluding hydrogens is 426 g/mol. The highest BCUT2D eigenvalue weighted by molar-refractivity contribution is 7.89. The highest BCUT2D eigenvalue weighted by atomic mass is 32.2. The van der Waals surface area contributed by atoms with Gasteiger partial charge in [-0.25, -0.2) is 18.2 Å². The lowest BCUT2D eigenvalue weighted by Gasteiger charge is -2.19. The number of thiazole rings is 1. The molecule has 0 unspecified atom stereocenters. The largest absolute Gasteiger partial charge is 0.462 e. The third kappa shape index (κ3) is 5.41. The van der Waals surface area contributed by atoms with Crippen LogP contribution in [0, 0.1) is 6.92 Å². The lowest BCUT2D eigenvalue weighted by Crippen LogP contribution is -2.31. The molecule has 0 saturated heterocycles. The Morgan fingerprint density at radius 1 is 1.20 bits per heavy atom. The predicted octanol–water partition coefficient (Wildman–Crippen LogP) is 3.24. The number of benzene rings is 1. The van der Waals surface area contributed by atoms with E-state index in [9.17, 15) is 18.0 Å². The summed E-state index contributed by atoms with van der Waals surface area (Å²) in [4.78, 5) is 28.9. The number of esters is 1. The standard InChI is InChI=1S/C20H23N3O5S2/c1-5-12-23(13-6-2)30(26,27)16-10-8-15(9-11-16)18(24)22-20-21-14(4)17(29-20)19(25)28-7-3/h5-6,8-11H,1-2,7,12-13H2,3-4H3,(H,21,22,24). The number of ether oxygens (including phenoxy) is 1. The van der Waals surface area contributed by atoms with Gasteiger partial charge in [0.2, 0.25) is 10.0 Å². The molecule has 8 nitrogen and oxygen atoms in total. The van der Waals surface area contributed by atoms with Crippen molar-refractivity contribution in [1.82, 2.24) is 9.29 Å². The Balaban J connectivity index is 2.17. The minimum atomic E-state index is -3.75. The molecule has 30 heavy (non-hydrogen) atoms. The summed E-state index contributed by atoms with van der Waals surface area (Å²) in [5.74, 6) is -0.969. The summed E-state index contributed by atoms with van der Waals surface area (Å²) >= 11 is 1.01. The van der Waals surface area contributed by atoms with Crippen LogP contribution in [0.15, 0.2) is 54.5 Å². The van der Waals surface area contributed by atoms with Gasteiger partial charge in [-0.05, 0) is 38.1 Å². The molecule has 0 bridgehead atoms. The number of sulfonamides is 1. The molecule has 1 aromatic carbocycles. The van der Waals surface area contributed by atoms with E-state index >= 15 is 0 Å². The van der Waals surface area contributed by atoms with E-state index in [1.807, 2.05) is 0 Å². The molecule has 1 heterocycles. The maximum absolute atomic E-state index is 12.7. The average Bonchev–Trinajstić information content (AvgIpc) is 3.08. The van der Waals surface area contributed by atoms with Gasteiger partial charge in [-0.2, -0.15) is 4.31 Å². The fourth-order valence-corrected chi connectivity index (χ4v) is 4.73. The third-order valence-electron chi connectivity index (χ3n) is 3.90. The average molecular weight is 450 g/mol. The van der Waals surface area contributed by atoms with Crippen molar-refractivity contribution in [1.29, 1.82) is 0 Å². The molecular formula is C20H23N3O5S2. The van der Waals surface area contributed by atoms with Crippen LogP contribution in [0.2, 0.25) is 0 Å². The van der Waals surface area contributed by atoms with Gasteiger partial charge in [0.05, 0.1) is 17.2 Å². The van der Waals surface area contributed by atoms with Crippen LogP contribution in [0.25, 0.3) is 0 Å². The van der Waals surface area contributed by atoms with Crippen LogP contribution in [-0.2, 0) is 14.8 Å². The zero-order valence-electron chi connectivity index (χ0n) is 16.8. The summed E-state index contributed by atoms with van der Waals surface area (Å²) in [5.41, 5.74) is 0.707. The number of hydrogen-bond donors (Lipinski definition) is 1. The molecule has 160 valence electrons. The Morgan fingerprint density at radius 3 is 2.33 bits per heavy atom. The highest BCUT2D eigenvalue weighted by Gasteiger charge is 2.23. The second-order valence-corrected chi connectivity index (χ2v) is 8.97. The summed E-state index contributed by atoms with van der Waals surface area (Å²) in [5, 5.41) is 2.86. The smallest absolute Gasteiger partial charge is 0.350 e. The molecule has 0 aliphatic carbocycles. The topological polar surface area (TPSA) is 106 Å². The number of nitrogens with one attached hydrogen (secondary N) is 1. The molecule has 2 rings (SSSR count). The molecule has 0 aliphatic rings. The van der Waals surface area contributed by atoms with Crippen LogP contribution in [0.3, 0.4) is 0 Å². The van der Waals surface area contributed by atoms with Crippen LogP contribution in [0.1, 0.15) is 32.6 Å². The third-order valence-corrected chi connectivity index (χ3v) is 6.80. The number of carbonyl (C=O) groups excluding carboxylic acids is 2. The molecule has 0 atom stereocenters. The number of aromatic nitrogens is 1. The molecule has 1 aromatic heterocycles. The maximum Gasteiger partial charge on any atom is 0.350 e. The van der Waals surface area contributed by atoms with Crippen LogP contribution in [0.4, 0.5) is 5.13 Å². The Bertz CT molecular complexity index is 1030. The van der Waals surface area contributed by atoms with Gasteiger partial charge in [0.1, 0.15) is 4.88 Å². The SMILES string of the molecule is C=CCN(CC=C)S(=O)(=O)c1ccc(C(=O)Nc2nc(C)c(C(=O)OCC)s2)cc1. The number of hydrogen-bond acceptors (Lipinski definition) is 7. The summed E-state index contributed by atoms with van der Waals surface area (Å²) in [6.07, 6.45) is 2.98. The van der Waals surface area contributed by atoms with Crippen LogP contribution in [0.5, 0.6) is 0 Å². The minimum absolute atomic E-state index is 0.0532. The molecule has 0 saturated carbocycles. The van der Waals surface area contributed by atoms with E-state index in [0.29, 0.717) is 10.6 Å². The first-order valence-electron chi connectivity index (χ1n) is 9.02. The fraction of sp³-hybridized carbons (Fsp3) is 0.250. The summed E-state index contributed by atoms with van der Waals surface area (Å²) in [7, 11) is -3.75. The van der Waals surface area contributed by atoms with Gasteiger partial charge in [0, 0.05) is 18.7 Å². The lowest BCUT2D eigenvalue weighted by molar-refractivity contribution is 0.0531. The zero-order chi connectivity index (χ0) is 22.3. The minimum Gasteiger partial charge on any atom is -0.462 e. The van der Waals surface area contributed by atoms with Crippen molar-refractivity contribution in [3.05, 3.63) is 65.7 Å². The van der Waals surface area contributed by atoms with Crippen LogP contribution in [-0.4, -0.2) is 49.3 Å². The van der Waals surface area contributed by atoms with Crippen molar-refractivity contribution < 1.29 is 22.7 Å². The second-order valence-electron chi connectivity index (χ2n) is 6.03. The van der Waals surface area contributed by atoms with Gasteiger partial charge in [-0.15, -0.1) is 13.2 Å². The molecule has 2 aromatic rings. The number of aryl methyl sites for hydroxylation is 1. The van der Waals surface area contributed by atoms with Crippen molar-refractivity contribution in [3.63, 3.8) is 0 Å². The van der Waals surface area contributed by atoms with Gasteiger partial charge in [-0.1, -0.05) is 23.5 Å². The number of rotatable bonds is 10. The first-order chi connectivity index (χ1) is 14.2. The van der Waals surface area contributed by atoms with Crippen LogP contribution < -0.4 is 5.32 Å². The van der Waals surface area contributed by atoms with Crippen molar-refractivity contribution in [3.8, 4) is 0 Å². The summed E-state index contributed by atoms with van der Waals surface area (Å²) in [6.45, 7) is 11.0. The lowest BCUT2D eigenvalue weighted by atomic mass is 10.2. The monoisotopic (exact) mass is 449 g/mol. The van der Waals surface area contributed by atoms with Gasteiger partial charge >= 0.3 is 5.97 Å². The van der Waals surface area contributed by atoms with Gasteiger partial charge < -0.3 is 4.74 Å². The molecule has 1 amide bonds. The maximum atomic E-state index is 12.7. The van der Waals surface area contributed by atoms with Gasteiger partial charge in [0.25, 0.3) is 5.91 Å². The highest BCUT2D eigenvalue weighted by Crippen LogP contribution is 2.24. The van der Waals surface area contributed by atoms with E-state index in [1.165, 1.54) is 40.7 Å². The predicted molar refractivity (Wildman–Crippen MR) is 116 cm³/mol. The first kappa shape index (κ1) is 23.5. The van der Waals surface area contributed by atoms with E-state index in [1.54, 1.807) is 13.8 Å². The molecule has 0 radical (unpaired) electrons. The second kappa shape index (κ2) is 10.3. The van der Waals surface area contributed by atoms with Crippen LogP contribution >= 0.6 is 11.3 Å². The molecule has 10 heteroatoms. The van der Waals surface area contributed by atoms with Crippen molar-refractivity contribution in [2.24, 2.45) is 0 Å². The normalized spacial score (nSPS) is 11.2. The Morgan fingerprint density at radius 2 is 1.80 bits per heavy atom. The Hall–Kier alpha value is -2.82. The summed E-state index contributed by atoms with van der Waals surface area (Å²) in [6, 6.07) is 5.55. The quantitative estimate of drug-likeness (QED) is 0.441. The van der Waals surface area contributed by atoms with Gasteiger partial charge in [0.15, 0.2) is 5.13 Å². The van der Waals surface area contributed by atoms with E-state index in [4.69, 9.17) is 4.74 Å². The number of amides is 1. The van der Waals surface area contributed by atoms with E-state index in [2.05, 4.69) is 23.5 Å². The zero-order valence-corrected chi connectivity index (χ0v) is 18.4. The molecule has 0 fully saturated rings. The first-order valence-corrected chi connectivity index (χ1v) is 11.3. The number of anilines is 1. The van der Waals surface area contributed by atoms with E-state index in [0.717, 1.165) is 11.3 Å². The fourth-order valence-electron chi connectivity index (χ4n) is 2.49. The Labute approximate surface area is 179 Å². The van der Waals surface area contributed by atoms with Crippen molar-refractivity contribution in [2.45, 2.75) is 18.7 Å². The van der Waals surface area contributed by atoms with Crippen molar-refractivity contribution in [2.75, 3.05) is 25.0 Å². The Kier molecular flexibility index (Phi) is 8.04. The van der Waals surface area contributed by atoms with Gasteiger partial charge in [-0.3, -0.25) is 10.1 Å². The summed E-state index contributed by atoms with van der Waals surface area (Å²) < 4.78 is 31.6.